The van der Waals surface area contributed by atoms with Crippen LogP contribution in [0.3, 0.4) is 0 Å². The number of nitrogens with two attached hydrogens (primary N) is 1. The predicted octanol–water partition coefficient (Wildman–Crippen LogP) is 4.29. The third kappa shape index (κ3) is 4.41. The Morgan fingerprint density at radius 2 is 1.85 bits per heavy atom. The number of aromatic amines is 1. The lowest BCUT2D eigenvalue weighted by atomic mass is 9.99. The first-order chi connectivity index (χ1) is 15.9. The van der Waals surface area contributed by atoms with E-state index in [0.717, 1.165) is 23.3 Å². The largest absolute Gasteiger partial charge is 0.496 e. The first-order valence-electron chi connectivity index (χ1n) is 9.76. The highest BCUT2D eigenvalue weighted by Crippen LogP contribution is 2.42. The maximum Gasteiger partial charge on any atom is 0.275 e. The molecule has 0 fully saturated rings. The lowest BCUT2D eigenvalue weighted by molar-refractivity contribution is -0.385. The molecule has 0 aliphatic carbocycles. The lowest BCUT2D eigenvalue weighted by Gasteiger charge is -2.17. The number of ether oxygens (including phenoxy) is 1. The number of benzene rings is 3. The summed E-state index contributed by atoms with van der Waals surface area (Å²) in [6, 6.07) is 17.8. The van der Waals surface area contributed by atoms with E-state index in [1.807, 2.05) is 24.3 Å². The minimum atomic E-state index is -1.05. The number of carbonyl (C=O) groups is 2. The fourth-order valence-electron chi connectivity index (χ4n) is 3.42. The number of hydrogen-bond acceptors (Lipinski definition) is 7. The van der Waals surface area contributed by atoms with E-state index in [4.69, 9.17) is 10.5 Å². The summed E-state index contributed by atoms with van der Waals surface area (Å²) in [5, 5.41) is 11.2. The van der Waals surface area contributed by atoms with Crippen LogP contribution in [0.4, 0.5) is 5.69 Å². The number of amides is 1. The number of rotatable bonds is 8. The van der Waals surface area contributed by atoms with Crippen molar-refractivity contribution >= 4 is 40.2 Å². The number of methoxy groups -OCH3 is 1. The summed E-state index contributed by atoms with van der Waals surface area (Å²) in [5.41, 5.74) is 6.73. The highest BCUT2D eigenvalue weighted by atomic mass is 32.2. The minimum Gasteiger partial charge on any atom is -0.496 e. The summed E-state index contributed by atoms with van der Waals surface area (Å²) in [6.45, 7) is 0. The van der Waals surface area contributed by atoms with Gasteiger partial charge in [-0.05, 0) is 36.4 Å². The molecule has 0 saturated heterocycles. The van der Waals surface area contributed by atoms with Gasteiger partial charge in [0.15, 0.2) is 10.9 Å². The molecule has 166 valence electrons. The number of carbonyl (C=O) groups excluding carboxylic acids is 2. The van der Waals surface area contributed by atoms with Crippen LogP contribution >= 0.6 is 11.8 Å². The Labute approximate surface area is 192 Å². The van der Waals surface area contributed by atoms with E-state index < -0.39 is 21.9 Å². The van der Waals surface area contributed by atoms with E-state index in [9.17, 15) is 19.7 Å². The van der Waals surface area contributed by atoms with E-state index in [0.29, 0.717) is 16.4 Å². The van der Waals surface area contributed by atoms with Gasteiger partial charge in [0, 0.05) is 11.6 Å². The smallest absolute Gasteiger partial charge is 0.275 e. The SMILES string of the molecule is COc1ccccc1C(=O)C(Sc1nc2ccccc2[nH]1)c1ccc(C(N)=O)cc1[N+](=O)[O-]. The van der Waals surface area contributed by atoms with Crippen molar-refractivity contribution in [1.82, 2.24) is 9.97 Å². The van der Waals surface area contributed by atoms with Gasteiger partial charge in [0.05, 0.1) is 34.2 Å². The summed E-state index contributed by atoms with van der Waals surface area (Å²) in [4.78, 5) is 44.1. The number of nitro benzene ring substituents is 1. The fraction of sp³-hybridized carbons (Fsp3) is 0.0870. The number of para-hydroxylation sites is 3. The van der Waals surface area contributed by atoms with Crippen molar-refractivity contribution in [3.63, 3.8) is 0 Å². The first-order valence-corrected chi connectivity index (χ1v) is 10.6. The number of primary amides is 1. The number of H-pyrrole nitrogens is 1. The van der Waals surface area contributed by atoms with Gasteiger partial charge in [-0.15, -0.1) is 0 Å². The molecule has 1 aromatic heterocycles. The zero-order valence-corrected chi connectivity index (χ0v) is 18.2. The van der Waals surface area contributed by atoms with E-state index in [2.05, 4.69) is 9.97 Å². The van der Waals surface area contributed by atoms with Gasteiger partial charge in [0.2, 0.25) is 5.91 Å². The maximum atomic E-state index is 13.7. The van der Waals surface area contributed by atoms with Crippen LogP contribution in [0.2, 0.25) is 0 Å². The average Bonchev–Trinajstić information content (AvgIpc) is 3.24. The topological polar surface area (TPSA) is 141 Å². The maximum absolute atomic E-state index is 13.7. The Hall–Kier alpha value is -4.18. The van der Waals surface area contributed by atoms with Crippen LogP contribution in [0.25, 0.3) is 11.0 Å². The number of imidazole rings is 1. The molecule has 1 amide bonds. The number of Topliss-reactive ketones (excluding diaryl/α,β-unsaturated/α-hetero) is 1. The standard InChI is InChI=1S/C23H18N4O5S/c1-32-19-9-5-2-6-15(19)20(28)21(33-23-25-16-7-3-4-8-17(16)26-23)14-11-10-13(22(24)29)12-18(14)27(30)31/h2-12,21H,1H3,(H2,24,29)(H,25,26). The molecule has 1 atom stereocenters. The molecule has 0 aliphatic heterocycles. The molecular formula is C23H18N4O5S. The van der Waals surface area contributed by atoms with E-state index >= 15 is 0 Å². The van der Waals surface area contributed by atoms with Crippen LogP contribution in [0.1, 0.15) is 31.5 Å². The molecule has 3 aromatic carbocycles. The van der Waals surface area contributed by atoms with E-state index in [-0.39, 0.29) is 22.4 Å². The van der Waals surface area contributed by atoms with Gasteiger partial charge in [0.25, 0.3) is 5.69 Å². The monoisotopic (exact) mass is 462 g/mol. The van der Waals surface area contributed by atoms with Crippen molar-refractivity contribution in [1.29, 1.82) is 0 Å². The highest BCUT2D eigenvalue weighted by molar-refractivity contribution is 8.00. The van der Waals surface area contributed by atoms with Crippen LogP contribution in [0.5, 0.6) is 5.75 Å². The quantitative estimate of drug-likeness (QED) is 0.172. The van der Waals surface area contributed by atoms with Gasteiger partial charge >= 0.3 is 0 Å². The number of fused-ring (bicyclic) bond motifs is 1. The molecule has 1 heterocycles. The number of ketones is 1. The molecule has 4 aromatic rings. The number of hydrogen-bond donors (Lipinski definition) is 2. The summed E-state index contributed by atoms with van der Waals surface area (Å²) < 4.78 is 5.33. The Bertz CT molecular complexity index is 1350. The van der Waals surface area contributed by atoms with Gasteiger partial charge in [-0.2, -0.15) is 0 Å². The molecule has 4 rings (SSSR count). The molecule has 1 unspecified atom stereocenters. The molecule has 9 nitrogen and oxygen atoms in total. The lowest BCUT2D eigenvalue weighted by Crippen LogP contribution is -2.15. The van der Waals surface area contributed by atoms with Gasteiger partial charge in [0.1, 0.15) is 11.0 Å². The van der Waals surface area contributed by atoms with Crippen LogP contribution < -0.4 is 10.5 Å². The van der Waals surface area contributed by atoms with Crippen molar-refractivity contribution in [2.24, 2.45) is 5.73 Å². The number of nitrogens with zero attached hydrogens (tertiary/aromatic N) is 2. The summed E-state index contributed by atoms with van der Waals surface area (Å²) in [7, 11) is 1.44. The van der Waals surface area contributed by atoms with Gasteiger partial charge in [-0.3, -0.25) is 19.7 Å². The van der Waals surface area contributed by atoms with Gasteiger partial charge in [-0.25, -0.2) is 4.98 Å². The highest BCUT2D eigenvalue weighted by Gasteiger charge is 2.33. The van der Waals surface area contributed by atoms with E-state index in [1.165, 1.54) is 19.2 Å². The molecular weight excluding hydrogens is 444 g/mol. The predicted molar refractivity (Wildman–Crippen MR) is 124 cm³/mol. The molecule has 10 heteroatoms. The zero-order valence-electron chi connectivity index (χ0n) is 17.3. The molecule has 0 saturated carbocycles. The van der Waals surface area contributed by atoms with Crippen LogP contribution in [0, 0.1) is 10.1 Å². The van der Waals surface area contributed by atoms with Crippen molar-refractivity contribution in [2.45, 2.75) is 10.4 Å². The van der Waals surface area contributed by atoms with Crippen LogP contribution in [0.15, 0.2) is 71.9 Å². The molecule has 0 radical (unpaired) electrons. The van der Waals surface area contributed by atoms with Crippen molar-refractivity contribution < 1.29 is 19.2 Å². The van der Waals surface area contributed by atoms with Gasteiger partial charge < -0.3 is 15.5 Å². The Kier molecular flexibility index (Phi) is 6.09. The second-order valence-electron chi connectivity index (χ2n) is 7.02. The Morgan fingerprint density at radius 3 is 2.55 bits per heavy atom. The number of nitro groups is 1. The third-order valence-electron chi connectivity index (χ3n) is 5.00. The molecule has 0 aliphatic rings. The molecule has 0 bridgehead atoms. The molecule has 3 N–H and O–H groups in total. The van der Waals surface area contributed by atoms with Crippen LogP contribution in [-0.4, -0.2) is 33.7 Å². The number of thioether (sulfide) groups is 1. The normalized spacial score (nSPS) is 11.8. The van der Waals surface area contributed by atoms with Crippen molar-refractivity contribution in [3.8, 4) is 5.75 Å². The third-order valence-corrected chi connectivity index (χ3v) is 6.12. The summed E-state index contributed by atoms with van der Waals surface area (Å²) in [5.74, 6) is -0.871. The summed E-state index contributed by atoms with van der Waals surface area (Å²) >= 11 is 1.04. The second-order valence-corrected chi connectivity index (χ2v) is 8.11. The first kappa shape index (κ1) is 22.0. The fourth-order valence-corrected chi connectivity index (χ4v) is 4.52. The minimum absolute atomic E-state index is 0.0253. The zero-order chi connectivity index (χ0) is 23.5. The molecule has 33 heavy (non-hydrogen) atoms. The Morgan fingerprint density at radius 1 is 1.12 bits per heavy atom. The van der Waals surface area contributed by atoms with Crippen molar-refractivity contribution in [2.75, 3.05) is 7.11 Å². The van der Waals surface area contributed by atoms with E-state index in [1.54, 1.807) is 24.3 Å². The number of aromatic nitrogens is 2. The average molecular weight is 462 g/mol. The van der Waals surface area contributed by atoms with Crippen molar-refractivity contribution in [3.05, 3.63) is 93.5 Å². The molecule has 0 spiro atoms. The van der Waals surface area contributed by atoms with Crippen LogP contribution in [-0.2, 0) is 0 Å². The summed E-state index contributed by atoms with van der Waals surface area (Å²) in [6.07, 6.45) is 0. The Balaban J connectivity index is 1.86. The number of nitrogens with one attached hydrogen (secondary N) is 1. The second kappa shape index (κ2) is 9.13. The van der Waals surface area contributed by atoms with Gasteiger partial charge in [-0.1, -0.05) is 36.0 Å².